The second kappa shape index (κ2) is 33.4. The largest absolute Gasteiger partial charge is 0.278 e. The maximum Gasteiger partial charge on any atom is 0.240 e. The number of hydrogen-bond acceptors (Lipinski definition) is 8. The molecule has 0 spiro atoms. The number of rotatable bonds is 9. The summed E-state index contributed by atoms with van der Waals surface area (Å²) in [5.41, 5.74) is 17.1. The van der Waals surface area contributed by atoms with Crippen molar-refractivity contribution in [3.05, 3.63) is 486 Å². The Kier molecular flexibility index (Phi) is 19.1. The molecule has 0 N–H and O–H groups in total. The molecule has 10 heteroatoms. The normalized spacial score (nSPS) is 11.8. The molecule has 0 amide bonds. The van der Waals surface area contributed by atoms with Gasteiger partial charge in [0.15, 0.2) is 23.3 Å². The molecule has 10 nitrogen and oxygen atoms in total. The number of aromatic nitrogens is 10. The predicted molar refractivity (Wildman–Crippen MR) is 594 cm³/mol. The number of hydrogen-bond donors (Lipinski definition) is 0. The van der Waals surface area contributed by atoms with Crippen molar-refractivity contribution in [2.24, 2.45) is 0 Å². The van der Waals surface area contributed by atoms with Crippen LogP contribution < -0.4 is 0 Å². The fourth-order valence-corrected chi connectivity index (χ4v) is 22.2. The standard InChI is InChI=1S/C45H27N5.C45H27N3.C42H26N2/c1-2-15-31-29(13-1)30-14-3-4-16-32(30)38-27-28(25-26-33(31)38)43-46-44(49-39-21-9-5-17-34(39)35-18-6-10-22-40(35)49)48-45(47-43)50-41-23-11-7-19-36(41)37-20-8-12-24-42(37)50;1-2-12-28(13-3-1)43-46-44(29-22-24-39-35-18-6-4-14-31(35)33-16-8-10-20-37(33)41(39)26-29)48-45(47-43)30-23-25-40-36-19-7-5-15-32(36)34-17-9-11-21-38(34)42(40)27-30;1-2-11-37-35(9-1)36-10-3-4-12-38(36)40-26-29(13-16-39(37)40)34-24-32(27-14-17-41-30(21-27)7-5-19-43-41)23-33(25-34)28-15-18-42-31(22-28)8-6-20-44-42/h1-27H;1-27H;1-26H. The third-order valence-corrected chi connectivity index (χ3v) is 28.7. The first-order valence-electron chi connectivity index (χ1n) is 48.1. The van der Waals surface area contributed by atoms with E-state index in [0.29, 0.717) is 35.2 Å². The van der Waals surface area contributed by atoms with E-state index in [2.05, 4.69) is 462 Å². The molecule has 142 heavy (non-hydrogen) atoms. The summed E-state index contributed by atoms with van der Waals surface area (Å²) in [6.07, 6.45) is 3.70. The van der Waals surface area contributed by atoms with E-state index in [-0.39, 0.29) is 0 Å². The number of nitrogens with zero attached hydrogens (tertiary/aromatic N) is 10. The molecule has 30 aromatic rings. The summed E-state index contributed by atoms with van der Waals surface area (Å²) in [5.74, 6) is 3.73. The average Bonchev–Trinajstić information content (AvgIpc) is 1.26. The minimum Gasteiger partial charge on any atom is -0.278 e. The van der Waals surface area contributed by atoms with Gasteiger partial charge in [-0.2, -0.15) is 15.0 Å². The van der Waals surface area contributed by atoms with Crippen LogP contribution in [-0.4, -0.2) is 49.0 Å². The number of pyridine rings is 2. The van der Waals surface area contributed by atoms with E-state index >= 15 is 0 Å². The van der Waals surface area contributed by atoms with Crippen LogP contribution in [0.2, 0.25) is 0 Å². The molecule has 0 unspecified atom stereocenters. The molecular weight excluding hydrogens is 1730 g/mol. The zero-order valence-corrected chi connectivity index (χ0v) is 76.7. The van der Waals surface area contributed by atoms with Gasteiger partial charge in [-0.1, -0.05) is 370 Å². The highest BCUT2D eigenvalue weighted by atomic mass is 15.3. The molecule has 6 heterocycles. The van der Waals surface area contributed by atoms with Crippen LogP contribution in [0.15, 0.2) is 486 Å². The van der Waals surface area contributed by atoms with Crippen LogP contribution in [0.25, 0.3) is 286 Å². The van der Waals surface area contributed by atoms with Crippen LogP contribution in [0.3, 0.4) is 0 Å². The van der Waals surface area contributed by atoms with Gasteiger partial charge in [0.05, 0.1) is 33.1 Å². The Labute approximate surface area is 814 Å². The van der Waals surface area contributed by atoms with E-state index < -0.39 is 0 Å². The third-order valence-electron chi connectivity index (χ3n) is 28.7. The molecule has 0 saturated carbocycles. The van der Waals surface area contributed by atoms with Crippen LogP contribution in [0.5, 0.6) is 0 Å². The molecule has 24 aromatic carbocycles. The Hall–Kier alpha value is -19.2. The van der Waals surface area contributed by atoms with Gasteiger partial charge in [-0.25, -0.2) is 15.0 Å². The number of benzene rings is 24. The molecular formula is C132H80N10. The van der Waals surface area contributed by atoms with Gasteiger partial charge >= 0.3 is 0 Å². The van der Waals surface area contributed by atoms with Gasteiger partial charge in [-0.05, 0) is 266 Å². The van der Waals surface area contributed by atoms with Crippen molar-refractivity contribution in [1.82, 2.24) is 49.0 Å². The van der Waals surface area contributed by atoms with E-state index in [0.717, 1.165) is 87.7 Å². The SMILES string of the molecule is c1ccc(-c2nc(-c3ccc4c5ccccc5c5ccccc5c4c3)nc(-c3ccc4c5ccccc5c5ccccc5c4c3)n2)cc1.c1ccc2c(c1)c1ccccc1c1cc(-c3nc(-n4c5ccccc5c5ccccc54)nc(-n4c5ccccc5c5ccccc54)n3)ccc21.c1cnc2ccc(-c3cc(-c4ccc5ncccc5c4)cc(-c4ccc5c6ccccc6c6ccccc6c5c4)c3)cc2c1. The first-order chi connectivity index (χ1) is 70.4. The number of fused-ring (bicyclic) bond motifs is 32. The van der Waals surface area contributed by atoms with Crippen LogP contribution in [0.4, 0.5) is 0 Å². The summed E-state index contributed by atoms with van der Waals surface area (Å²) in [6.45, 7) is 0. The topological polar surface area (TPSA) is 113 Å². The van der Waals surface area contributed by atoms with Crippen molar-refractivity contribution in [3.63, 3.8) is 0 Å². The van der Waals surface area contributed by atoms with Crippen LogP contribution in [-0.2, 0) is 0 Å². The fourth-order valence-electron chi connectivity index (χ4n) is 22.2. The molecule has 0 aliphatic heterocycles. The van der Waals surface area contributed by atoms with Crippen molar-refractivity contribution in [3.8, 4) is 90.8 Å². The smallest absolute Gasteiger partial charge is 0.240 e. The Morgan fingerprint density at radius 2 is 0.345 bits per heavy atom. The molecule has 6 aromatic heterocycles. The lowest BCUT2D eigenvalue weighted by molar-refractivity contribution is 0.893. The maximum absolute atomic E-state index is 5.30. The third kappa shape index (κ3) is 13.6. The van der Waals surface area contributed by atoms with Gasteiger partial charge in [0.2, 0.25) is 11.9 Å². The van der Waals surface area contributed by atoms with E-state index in [4.69, 9.17) is 29.9 Å². The molecule has 0 aliphatic carbocycles. The quantitative estimate of drug-likeness (QED) is 0.131. The Morgan fingerprint density at radius 1 is 0.127 bits per heavy atom. The molecule has 658 valence electrons. The lowest BCUT2D eigenvalue weighted by Crippen LogP contribution is -2.10. The summed E-state index contributed by atoms with van der Waals surface area (Å²) in [7, 11) is 0. The zero-order chi connectivity index (χ0) is 93.4. The molecule has 0 bridgehead atoms. The minimum atomic E-state index is 0.577. The molecule has 30 rings (SSSR count). The van der Waals surface area contributed by atoms with Crippen molar-refractivity contribution in [1.29, 1.82) is 0 Å². The van der Waals surface area contributed by atoms with E-state index in [1.165, 1.54) is 163 Å². The lowest BCUT2D eigenvalue weighted by Gasteiger charge is -2.14. The maximum atomic E-state index is 5.30. The second-order valence-corrected chi connectivity index (χ2v) is 36.7. The Bertz CT molecular complexity index is 9850. The predicted octanol–water partition coefficient (Wildman–Crippen LogP) is 34.2. The van der Waals surface area contributed by atoms with Crippen molar-refractivity contribution in [2.45, 2.75) is 0 Å². The molecule has 0 aliphatic rings. The molecule has 0 saturated heterocycles. The van der Waals surface area contributed by atoms with Gasteiger partial charge in [0.25, 0.3) is 0 Å². The highest BCUT2D eigenvalue weighted by Gasteiger charge is 2.25. The summed E-state index contributed by atoms with van der Waals surface area (Å²) >= 11 is 0. The van der Waals surface area contributed by atoms with E-state index in [1.54, 1.807) is 0 Å². The van der Waals surface area contributed by atoms with Gasteiger partial charge in [0, 0.05) is 67.0 Å². The first-order valence-corrected chi connectivity index (χ1v) is 48.1. The minimum absolute atomic E-state index is 0.577. The van der Waals surface area contributed by atoms with Gasteiger partial charge in [-0.15, -0.1) is 0 Å². The highest BCUT2D eigenvalue weighted by Crippen LogP contribution is 2.46. The lowest BCUT2D eigenvalue weighted by atomic mass is 9.89. The summed E-state index contributed by atoms with van der Waals surface area (Å²) in [6, 6.07) is 169. The first kappa shape index (κ1) is 81.2. The molecule has 0 radical (unpaired) electrons. The monoisotopic (exact) mass is 1800 g/mol. The summed E-state index contributed by atoms with van der Waals surface area (Å²) < 4.78 is 4.36. The number of para-hydroxylation sites is 4. The molecule has 0 atom stereocenters. The fraction of sp³-hybridized carbons (Fsp3) is 0. The summed E-state index contributed by atoms with van der Waals surface area (Å²) in [4.78, 5) is 40.3. The second-order valence-electron chi connectivity index (χ2n) is 36.7. The Balaban J connectivity index is 0.000000104. The van der Waals surface area contributed by atoms with Crippen LogP contribution >= 0.6 is 0 Å². The van der Waals surface area contributed by atoms with Crippen molar-refractivity contribution < 1.29 is 0 Å². The van der Waals surface area contributed by atoms with Crippen LogP contribution in [0.1, 0.15) is 0 Å². The van der Waals surface area contributed by atoms with Crippen LogP contribution in [0, 0.1) is 0 Å². The van der Waals surface area contributed by atoms with Gasteiger partial charge in [-0.3, -0.25) is 19.1 Å². The van der Waals surface area contributed by atoms with Crippen molar-refractivity contribution >= 4 is 195 Å². The van der Waals surface area contributed by atoms with E-state index in [9.17, 15) is 0 Å². The molecule has 0 fully saturated rings. The summed E-state index contributed by atoms with van der Waals surface area (Å²) in [5, 5.41) is 36.7. The Morgan fingerprint density at radius 3 is 0.641 bits per heavy atom. The average molecular weight is 1810 g/mol. The van der Waals surface area contributed by atoms with Gasteiger partial charge in [0.1, 0.15) is 0 Å². The van der Waals surface area contributed by atoms with Gasteiger partial charge < -0.3 is 0 Å². The van der Waals surface area contributed by atoms with Crippen molar-refractivity contribution in [2.75, 3.05) is 0 Å². The highest BCUT2D eigenvalue weighted by molar-refractivity contribution is 6.30. The van der Waals surface area contributed by atoms with E-state index in [1.807, 2.05) is 42.7 Å². The zero-order valence-electron chi connectivity index (χ0n) is 76.7.